The quantitative estimate of drug-likeness (QED) is 0.670. The smallest absolute Gasteiger partial charge is 0.205 e. The topological polar surface area (TPSA) is 81.8 Å². The fourth-order valence-electron chi connectivity index (χ4n) is 1.97. The van der Waals surface area contributed by atoms with Crippen LogP contribution in [0.3, 0.4) is 0 Å². The van der Waals surface area contributed by atoms with E-state index in [2.05, 4.69) is 15.5 Å². The number of thiazole rings is 1. The number of hydrogen-bond donors (Lipinski definition) is 2. The van der Waals surface area contributed by atoms with Crippen molar-refractivity contribution in [3.8, 4) is 0 Å². The Kier molecular flexibility index (Phi) is 4.44. The zero-order chi connectivity index (χ0) is 14.5. The predicted molar refractivity (Wildman–Crippen MR) is 83.4 cm³/mol. The second-order valence-corrected chi connectivity index (χ2v) is 5.40. The first-order chi connectivity index (χ1) is 10.3. The molecule has 7 heteroatoms. The average molecular weight is 304 g/mol. The maximum Gasteiger partial charge on any atom is 0.205 e. The Morgan fingerprint density at radius 3 is 3.00 bits per heavy atom. The van der Waals surface area contributed by atoms with E-state index < -0.39 is 0 Å². The first kappa shape index (κ1) is 14.0. The van der Waals surface area contributed by atoms with Crippen molar-refractivity contribution in [1.82, 2.24) is 4.98 Å². The molecule has 0 spiro atoms. The van der Waals surface area contributed by atoms with Gasteiger partial charge in [-0.1, -0.05) is 18.2 Å². The Hall–Kier alpha value is -1.96. The lowest BCUT2D eigenvalue weighted by Gasteiger charge is -2.23. The van der Waals surface area contributed by atoms with Crippen LogP contribution in [0.25, 0.3) is 0 Å². The van der Waals surface area contributed by atoms with E-state index in [0.717, 1.165) is 30.8 Å². The van der Waals surface area contributed by atoms with Gasteiger partial charge in [-0.05, 0) is 18.1 Å². The maximum absolute atomic E-state index is 5.59. The Bertz CT molecular complexity index is 623. The molecule has 2 heterocycles. The van der Waals surface area contributed by atoms with Gasteiger partial charge in [0.2, 0.25) is 5.13 Å². The molecule has 0 radical (unpaired) electrons. The predicted octanol–water partition coefficient (Wildman–Crippen LogP) is 2.61. The van der Waals surface area contributed by atoms with Crippen LogP contribution in [0, 0.1) is 0 Å². The number of rotatable bonds is 4. The minimum atomic E-state index is -0.279. The van der Waals surface area contributed by atoms with Crippen LogP contribution in [-0.4, -0.2) is 24.4 Å². The minimum absolute atomic E-state index is 0.279. The zero-order valence-electron chi connectivity index (χ0n) is 11.4. The van der Waals surface area contributed by atoms with Crippen molar-refractivity contribution < 1.29 is 9.47 Å². The molecule has 0 aliphatic carbocycles. The maximum atomic E-state index is 5.59. The van der Waals surface area contributed by atoms with Gasteiger partial charge in [0.1, 0.15) is 5.82 Å². The van der Waals surface area contributed by atoms with Crippen molar-refractivity contribution in [2.24, 2.45) is 5.10 Å². The summed E-state index contributed by atoms with van der Waals surface area (Å²) in [5.74, 6) is 0.492. The summed E-state index contributed by atoms with van der Waals surface area (Å²) in [5, 5.41) is 6.57. The molecule has 1 aromatic heterocycles. The Labute approximate surface area is 126 Å². The van der Waals surface area contributed by atoms with Gasteiger partial charge in [0.05, 0.1) is 19.4 Å². The molecule has 0 saturated carbocycles. The van der Waals surface area contributed by atoms with Crippen LogP contribution in [0.2, 0.25) is 0 Å². The normalized spacial score (nSPS) is 16.4. The van der Waals surface area contributed by atoms with Crippen molar-refractivity contribution >= 4 is 28.5 Å². The SMILES string of the molecule is Nc1csc(NN=Cc2cccc(C3OCCCO3)c2)n1. The lowest BCUT2D eigenvalue weighted by atomic mass is 10.1. The number of ether oxygens (including phenoxy) is 2. The van der Waals surface area contributed by atoms with Gasteiger partial charge in [-0.3, -0.25) is 5.43 Å². The van der Waals surface area contributed by atoms with Crippen molar-refractivity contribution in [3.63, 3.8) is 0 Å². The van der Waals surface area contributed by atoms with E-state index in [1.54, 1.807) is 11.6 Å². The number of hydrogen-bond acceptors (Lipinski definition) is 7. The molecule has 0 amide bonds. The van der Waals surface area contributed by atoms with Gasteiger partial charge in [-0.25, -0.2) is 4.98 Å². The summed E-state index contributed by atoms with van der Waals surface area (Å²) in [7, 11) is 0. The average Bonchev–Trinajstić information content (AvgIpc) is 2.94. The third kappa shape index (κ3) is 3.78. The summed E-state index contributed by atoms with van der Waals surface area (Å²) < 4.78 is 11.2. The molecule has 0 unspecified atom stereocenters. The molecule has 1 aliphatic rings. The number of nitrogens with two attached hydrogens (primary N) is 1. The summed E-state index contributed by atoms with van der Waals surface area (Å²) in [6.07, 6.45) is 2.39. The highest BCUT2D eigenvalue weighted by Gasteiger charge is 2.16. The van der Waals surface area contributed by atoms with Gasteiger partial charge < -0.3 is 15.2 Å². The number of hydrazone groups is 1. The van der Waals surface area contributed by atoms with Crippen LogP contribution in [0.15, 0.2) is 34.7 Å². The molecular formula is C14H16N4O2S. The van der Waals surface area contributed by atoms with Crippen LogP contribution in [0.1, 0.15) is 23.8 Å². The molecule has 110 valence electrons. The zero-order valence-corrected chi connectivity index (χ0v) is 12.2. The van der Waals surface area contributed by atoms with E-state index >= 15 is 0 Å². The highest BCUT2D eigenvalue weighted by Crippen LogP contribution is 2.23. The van der Waals surface area contributed by atoms with E-state index in [4.69, 9.17) is 15.2 Å². The molecular weight excluding hydrogens is 288 g/mol. The molecule has 1 fully saturated rings. The summed E-state index contributed by atoms with van der Waals surface area (Å²) in [6.45, 7) is 1.46. The third-order valence-corrected chi connectivity index (χ3v) is 3.67. The number of benzene rings is 1. The van der Waals surface area contributed by atoms with Crippen molar-refractivity contribution in [1.29, 1.82) is 0 Å². The molecule has 1 aliphatic heterocycles. The fraction of sp³-hybridized carbons (Fsp3) is 0.286. The Morgan fingerprint density at radius 2 is 2.24 bits per heavy atom. The van der Waals surface area contributed by atoms with E-state index in [-0.39, 0.29) is 6.29 Å². The summed E-state index contributed by atoms with van der Waals surface area (Å²) >= 11 is 1.41. The van der Waals surface area contributed by atoms with Gasteiger partial charge in [0.25, 0.3) is 0 Å². The molecule has 1 aromatic carbocycles. The van der Waals surface area contributed by atoms with Crippen LogP contribution in [0.5, 0.6) is 0 Å². The Morgan fingerprint density at radius 1 is 1.38 bits per heavy atom. The van der Waals surface area contributed by atoms with Crippen LogP contribution in [-0.2, 0) is 9.47 Å². The van der Waals surface area contributed by atoms with Crippen molar-refractivity contribution in [2.75, 3.05) is 24.4 Å². The largest absolute Gasteiger partial charge is 0.383 e. The van der Waals surface area contributed by atoms with Gasteiger partial charge in [-0.2, -0.15) is 5.10 Å². The standard InChI is InChI=1S/C14H16N4O2S/c15-12-9-21-14(17-12)18-16-8-10-3-1-4-11(7-10)13-19-5-2-6-20-13/h1,3-4,7-9,13H,2,5-6,15H2,(H,17,18). The van der Waals surface area contributed by atoms with E-state index in [9.17, 15) is 0 Å². The van der Waals surface area contributed by atoms with E-state index in [0.29, 0.717) is 10.9 Å². The highest BCUT2D eigenvalue weighted by atomic mass is 32.1. The van der Waals surface area contributed by atoms with Gasteiger partial charge in [-0.15, -0.1) is 11.3 Å². The van der Waals surface area contributed by atoms with E-state index in [1.807, 2.05) is 24.3 Å². The molecule has 3 rings (SSSR count). The lowest BCUT2D eigenvalue weighted by Crippen LogP contribution is -2.17. The Balaban J connectivity index is 1.65. The van der Waals surface area contributed by atoms with E-state index in [1.165, 1.54) is 11.3 Å². The number of nitrogen functional groups attached to an aromatic ring is 1. The summed E-state index contributed by atoms with van der Waals surface area (Å²) in [4.78, 5) is 4.06. The van der Waals surface area contributed by atoms with Crippen LogP contribution < -0.4 is 11.2 Å². The molecule has 6 nitrogen and oxygen atoms in total. The summed E-state index contributed by atoms with van der Waals surface area (Å²) in [5.41, 5.74) is 10.3. The molecule has 3 N–H and O–H groups in total. The third-order valence-electron chi connectivity index (χ3n) is 2.91. The number of aromatic nitrogens is 1. The minimum Gasteiger partial charge on any atom is -0.383 e. The number of nitrogens with zero attached hydrogens (tertiary/aromatic N) is 2. The first-order valence-electron chi connectivity index (χ1n) is 6.64. The van der Waals surface area contributed by atoms with Gasteiger partial charge in [0, 0.05) is 10.9 Å². The van der Waals surface area contributed by atoms with Crippen LogP contribution in [0.4, 0.5) is 10.9 Å². The summed E-state index contributed by atoms with van der Waals surface area (Å²) in [6, 6.07) is 7.91. The molecule has 0 bridgehead atoms. The second kappa shape index (κ2) is 6.66. The van der Waals surface area contributed by atoms with Crippen LogP contribution >= 0.6 is 11.3 Å². The van der Waals surface area contributed by atoms with Crippen molar-refractivity contribution in [2.45, 2.75) is 12.7 Å². The van der Waals surface area contributed by atoms with Gasteiger partial charge in [0.15, 0.2) is 6.29 Å². The fourth-order valence-corrected chi connectivity index (χ4v) is 2.51. The lowest BCUT2D eigenvalue weighted by molar-refractivity contribution is -0.183. The second-order valence-electron chi connectivity index (χ2n) is 4.54. The molecule has 1 saturated heterocycles. The molecule has 2 aromatic rings. The molecule has 21 heavy (non-hydrogen) atoms. The van der Waals surface area contributed by atoms with Gasteiger partial charge >= 0.3 is 0 Å². The molecule has 0 atom stereocenters. The van der Waals surface area contributed by atoms with Crippen molar-refractivity contribution in [3.05, 3.63) is 40.8 Å². The number of anilines is 2. The number of nitrogens with one attached hydrogen (secondary N) is 1. The first-order valence-corrected chi connectivity index (χ1v) is 7.52. The monoisotopic (exact) mass is 304 g/mol. The highest BCUT2D eigenvalue weighted by molar-refractivity contribution is 7.14.